The van der Waals surface area contributed by atoms with Gasteiger partial charge in [0, 0.05) is 0 Å². The van der Waals surface area contributed by atoms with Crippen LogP contribution < -0.4 is 26.2 Å². The Kier molecular flexibility index (Phi) is 5.01. The minimum absolute atomic E-state index is 0.0122. The van der Waals surface area contributed by atoms with E-state index in [1.54, 1.807) is 0 Å². The zero-order chi connectivity index (χ0) is 22.3. The fourth-order valence-electron chi connectivity index (χ4n) is 3.49. The number of hydrogen-bond donors (Lipinski definition) is 2. The van der Waals surface area contributed by atoms with Gasteiger partial charge >= 0.3 is 0 Å². The van der Waals surface area contributed by atoms with Gasteiger partial charge < -0.3 is 11.5 Å². The highest BCUT2D eigenvalue weighted by Gasteiger charge is 2.34. The first-order chi connectivity index (χ1) is 14.8. The zero-order valence-corrected chi connectivity index (χ0v) is 16.6. The molecular weight excluding hydrogens is 422 g/mol. The fraction of sp³-hybridized carbons (Fsp3) is 0.0455. The van der Waals surface area contributed by atoms with Crippen molar-refractivity contribution in [3.63, 3.8) is 0 Å². The van der Waals surface area contributed by atoms with Gasteiger partial charge in [-0.25, -0.2) is 8.78 Å². The molecule has 2 heterocycles. The second-order valence-electron chi connectivity index (χ2n) is 6.78. The molecule has 31 heavy (non-hydrogen) atoms. The number of allylic oxidation sites excluding steroid dienone is 1. The Balaban J connectivity index is 2.07. The van der Waals surface area contributed by atoms with E-state index in [4.69, 9.17) is 11.5 Å². The van der Waals surface area contributed by atoms with Gasteiger partial charge in [-0.15, -0.1) is 11.3 Å². The highest BCUT2D eigenvalue weighted by molar-refractivity contribution is 7.07. The third-order valence-electron chi connectivity index (χ3n) is 4.91. The van der Waals surface area contributed by atoms with Crippen LogP contribution in [0.4, 0.5) is 8.78 Å². The number of nitriles is 1. The molecule has 0 aliphatic carbocycles. The summed E-state index contributed by atoms with van der Waals surface area (Å²) in [7, 11) is 0. The van der Waals surface area contributed by atoms with Crippen molar-refractivity contribution < 1.29 is 13.6 Å². The molecule has 4 N–H and O–H groups in total. The predicted molar refractivity (Wildman–Crippen MR) is 113 cm³/mol. The fourth-order valence-corrected chi connectivity index (χ4v) is 4.67. The molecule has 0 bridgehead atoms. The first kappa shape index (κ1) is 20.3. The number of nitrogens with two attached hydrogens (primary N) is 2. The van der Waals surface area contributed by atoms with Crippen molar-refractivity contribution in [2.24, 2.45) is 11.5 Å². The number of benzene rings is 2. The molecular formula is C22H14F2N4O2S. The summed E-state index contributed by atoms with van der Waals surface area (Å²) in [6.45, 7) is 0. The zero-order valence-electron chi connectivity index (χ0n) is 15.8. The van der Waals surface area contributed by atoms with Crippen LogP contribution in [0, 0.1) is 23.0 Å². The smallest absolute Gasteiger partial charge is 0.274 e. The predicted octanol–water partition coefficient (Wildman–Crippen LogP) is 1.10. The third-order valence-corrected chi connectivity index (χ3v) is 6.01. The lowest BCUT2D eigenvalue weighted by molar-refractivity contribution is -0.113. The molecule has 0 radical (unpaired) electrons. The molecule has 1 aliphatic rings. The Hall–Kier alpha value is -4.03. The molecule has 1 aromatic heterocycles. The van der Waals surface area contributed by atoms with Crippen LogP contribution in [0.2, 0.25) is 0 Å². The van der Waals surface area contributed by atoms with Crippen molar-refractivity contribution in [1.82, 2.24) is 4.57 Å². The Morgan fingerprint density at radius 2 is 1.68 bits per heavy atom. The van der Waals surface area contributed by atoms with Gasteiger partial charge in [-0.1, -0.05) is 24.3 Å². The first-order valence-electron chi connectivity index (χ1n) is 9.00. The van der Waals surface area contributed by atoms with Crippen molar-refractivity contribution in [1.29, 1.82) is 5.26 Å². The molecule has 1 unspecified atom stereocenters. The highest BCUT2D eigenvalue weighted by atomic mass is 32.1. The van der Waals surface area contributed by atoms with Crippen molar-refractivity contribution >= 4 is 34.7 Å². The van der Waals surface area contributed by atoms with Crippen LogP contribution in [0.1, 0.15) is 17.0 Å². The van der Waals surface area contributed by atoms with Crippen LogP contribution in [0.3, 0.4) is 0 Å². The second kappa shape index (κ2) is 7.66. The lowest BCUT2D eigenvalue weighted by Crippen LogP contribution is -2.41. The highest BCUT2D eigenvalue weighted by Crippen LogP contribution is 2.35. The lowest BCUT2D eigenvalue weighted by Gasteiger charge is -2.24. The topological polar surface area (TPSA) is 115 Å². The molecule has 154 valence electrons. The number of rotatable bonds is 3. The molecule has 1 atom stereocenters. The Bertz CT molecular complexity index is 1460. The van der Waals surface area contributed by atoms with E-state index in [9.17, 15) is 23.6 Å². The number of carbonyl (C=O) groups is 1. The molecule has 6 nitrogen and oxygen atoms in total. The standard InChI is InChI=1S/C22H14F2N4O2S/c23-13-5-1-11(2-6-13)9-16-21(30)28-19(26)15(10-25)17(12-3-7-14(24)8-4-12)18(20(27)29)22(28)31-16/h1-9,17H,26H2,(H2,27,29)/b16-9-. The van der Waals surface area contributed by atoms with E-state index in [1.165, 1.54) is 54.6 Å². The van der Waals surface area contributed by atoms with Crippen molar-refractivity contribution in [3.05, 3.63) is 96.4 Å². The van der Waals surface area contributed by atoms with Crippen LogP contribution in [-0.2, 0) is 4.79 Å². The largest absolute Gasteiger partial charge is 0.384 e. The summed E-state index contributed by atoms with van der Waals surface area (Å²) in [6.07, 6.45) is 1.53. The minimum atomic E-state index is -0.945. The van der Waals surface area contributed by atoms with E-state index in [-0.39, 0.29) is 26.2 Å². The number of nitrogens with zero attached hydrogens (tertiary/aromatic N) is 2. The van der Waals surface area contributed by atoms with Crippen LogP contribution in [0.5, 0.6) is 0 Å². The van der Waals surface area contributed by atoms with Crippen molar-refractivity contribution in [2.75, 3.05) is 0 Å². The normalized spacial score (nSPS) is 16.2. The SMILES string of the molecule is N#CC1=C(N)n2c(s/c(=C\c3ccc(F)cc3)c2=O)=C(C(N)=O)C1c1ccc(F)cc1. The average molecular weight is 436 g/mol. The van der Waals surface area contributed by atoms with Gasteiger partial charge in [0.15, 0.2) is 0 Å². The number of carbonyl (C=O) groups excluding carboxylic acids is 1. The summed E-state index contributed by atoms with van der Waals surface area (Å²) in [4.78, 5) is 25.5. The van der Waals surface area contributed by atoms with Crippen molar-refractivity contribution in [3.8, 4) is 6.07 Å². The minimum Gasteiger partial charge on any atom is -0.384 e. The summed E-state index contributed by atoms with van der Waals surface area (Å²) in [6, 6.07) is 12.7. The lowest BCUT2D eigenvalue weighted by atomic mass is 9.83. The van der Waals surface area contributed by atoms with Gasteiger partial charge in [-0.3, -0.25) is 14.2 Å². The van der Waals surface area contributed by atoms with Crippen LogP contribution in [-0.4, -0.2) is 10.5 Å². The Morgan fingerprint density at radius 1 is 1.10 bits per heavy atom. The van der Waals surface area contributed by atoms with E-state index < -0.39 is 29.0 Å². The summed E-state index contributed by atoms with van der Waals surface area (Å²) < 4.78 is 28.1. The quantitative estimate of drug-likeness (QED) is 0.640. The molecule has 0 spiro atoms. The van der Waals surface area contributed by atoms with E-state index in [2.05, 4.69) is 0 Å². The van der Waals surface area contributed by atoms with Gasteiger partial charge in [0.1, 0.15) is 22.1 Å². The molecule has 1 aliphatic heterocycles. The molecule has 1 amide bonds. The van der Waals surface area contributed by atoms with Gasteiger partial charge in [-0.05, 0) is 41.5 Å². The number of thiazole rings is 1. The van der Waals surface area contributed by atoms with E-state index in [0.29, 0.717) is 11.1 Å². The van der Waals surface area contributed by atoms with Crippen LogP contribution >= 0.6 is 11.3 Å². The van der Waals surface area contributed by atoms with Crippen LogP contribution in [0.25, 0.3) is 17.5 Å². The molecule has 2 aromatic carbocycles. The van der Waals surface area contributed by atoms with E-state index >= 15 is 0 Å². The summed E-state index contributed by atoms with van der Waals surface area (Å²) in [5.74, 6) is -2.81. The number of fused-ring (bicyclic) bond motifs is 1. The molecule has 0 saturated carbocycles. The van der Waals surface area contributed by atoms with Gasteiger partial charge in [0.25, 0.3) is 5.56 Å². The van der Waals surface area contributed by atoms with E-state index in [1.807, 2.05) is 6.07 Å². The maximum Gasteiger partial charge on any atom is 0.274 e. The monoisotopic (exact) mass is 436 g/mol. The number of halogens is 2. The van der Waals surface area contributed by atoms with E-state index in [0.717, 1.165) is 15.9 Å². The third kappa shape index (κ3) is 3.43. The summed E-state index contributed by atoms with van der Waals surface area (Å²) in [5, 5.41) is 9.75. The number of hydrogen-bond acceptors (Lipinski definition) is 5. The maximum atomic E-state index is 13.4. The molecule has 3 aromatic rings. The number of primary amides is 1. The Labute approximate surface area is 178 Å². The first-order valence-corrected chi connectivity index (χ1v) is 9.82. The number of aromatic nitrogens is 1. The van der Waals surface area contributed by atoms with Gasteiger partial charge in [0.2, 0.25) is 5.91 Å². The summed E-state index contributed by atoms with van der Waals surface area (Å²) in [5.41, 5.74) is 12.3. The summed E-state index contributed by atoms with van der Waals surface area (Å²) >= 11 is 0.981. The second-order valence-corrected chi connectivity index (χ2v) is 7.81. The maximum absolute atomic E-state index is 13.4. The van der Waals surface area contributed by atoms with Crippen LogP contribution in [0.15, 0.2) is 58.9 Å². The van der Waals surface area contributed by atoms with Gasteiger partial charge in [-0.2, -0.15) is 5.26 Å². The molecule has 0 fully saturated rings. The average Bonchev–Trinajstić information content (AvgIpc) is 3.06. The molecule has 4 rings (SSSR count). The Morgan fingerprint density at radius 3 is 2.23 bits per heavy atom. The van der Waals surface area contributed by atoms with Crippen molar-refractivity contribution in [2.45, 2.75) is 5.92 Å². The molecule has 0 saturated heterocycles. The molecule has 9 heteroatoms. The number of amides is 1. The van der Waals surface area contributed by atoms with Gasteiger partial charge in [0.05, 0.1) is 27.7 Å².